The summed E-state index contributed by atoms with van der Waals surface area (Å²) in [5, 5.41) is 0. The van der Waals surface area contributed by atoms with Gasteiger partial charge in [-0.3, -0.25) is 0 Å². The van der Waals surface area contributed by atoms with Gasteiger partial charge in [-0.15, -0.1) is 0 Å². The van der Waals surface area contributed by atoms with Crippen molar-refractivity contribution in [1.82, 2.24) is 0 Å². The summed E-state index contributed by atoms with van der Waals surface area (Å²) in [5.41, 5.74) is 0. The zero-order chi connectivity index (χ0) is 20.3. The SMILES string of the molecule is [2H]C([2H])([2H])[N+](C([2H])([2H])[2H])(C([2H])([2H])[2H])C([2H])([2H])CCC(OCC)OCC. The maximum absolute atomic E-state index is 8.10. The first-order valence-electron chi connectivity index (χ1n) is 10.1. The molecule has 0 unspecified atom stereocenters. The molecule has 0 bridgehead atoms. The first kappa shape index (κ1) is 4.04. The molecule has 0 aliphatic heterocycles. The van der Waals surface area contributed by atoms with Gasteiger partial charge in [0.15, 0.2) is 6.29 Å². The van der Waals surface area contributed by atoms with Crippen molar-refractivity contribution < 1.29 is 29.0 Å². The molecule has 0 atom stereocenters. The Labute approximate surface area is 104 Å². The summed E-state index contributed by atoms with van der Waals surface area (Å²) in [6.07, 6.45) is -1.78. The van der Waals surface area contributed by atoms with Crippen LogP contribution in [0.1, 0.15) is 41.8 Å². The number of quaternary nitrogens is 1. The van der Waals surface area contributed by atoms with Gasteiger partial charge in [0.25, 0.3) is 0 Å². The molecule has 0 aromatic heterocycles. The number of hydrogen-bond donors (Lipinski definition) is 0. The van der Waals surface area contributed by atoms with Gasteiger partial charge < -0.3 is 14.0 Å². The van der Waals surface area contributed by atoms with Crippen LogP contribution >= 0.6 is 0 Å². The van der Waals surface area contributed by atoms with Crippen LogP contribution in [0, 0.1) is 0 Å². The molecule has 86 valence electrons. The van der Waals surface area contributed by atoms with Crippen molar-refractivity contribution in [3.05, 3.63) is 0 Å². The fourth-order valence-corrected chi connectivity index (χ4v) is 0.937. The predicted octanol–water partition coefficient (Wildman–Crippen LogP) is 1.87. The molecule has 14 heavy (non-hydrogen) atoms. The van der Waals surface area contributed by atoms with E-state index in [0.29, 0.717) is 0 Å². The highest BCUT2D eigenvalue weighted by atomic mass is 16.7. The molecule has 0 aliphatic rings. The van der Waals surface area contributed by atoms with E-state index in [1.807, 2.05) is 0 Å². The second kappa shape index (κ2) is 7.21. The first-order valence-corrected chi connectivity index (χ1v) is 4.62. The molecule has 0 saturated carbocycles. The minimum atomic E-state index is -3.65. The molecule has 0 aromatic carbocycles. The van der Waals surface area contributed by atoms with Crippen LogP contribution in [0.2, 0.25) is 0 Å². The smallest absolute Gasteiger partial charge is 0.157 e. The average Bonchev–Trinajstić information content (AvgIpc) is 2.30. The third-order valence-electron chi connectivity index (χ3n) is 1.43. The Balaban J connectivity index is 6.01. The Kier molecular flexibility index (Phi) is 2.08. The van der Waals surface area contributed by atoms with Gasteiger partial charge in [0, 0.05) is 26.1 Å². The molecular formula is C11H26NO2+. The quantitative estimate of drug-likeness (QED) is 0.455. The largest absolute Gasteiger partial charge is 0.353 e. The standard InChI is InChI=1S/C11H26NO2/c1-6-13-11(14-7-2)9-8-10-12(3,4)5/h11H,6-10H2,1-5H3/q+1/i3D3,4D3,5D3,10D2. The van der Waals surface area contributed by atoms with Gasteiger partial charge in [-0.1, -0.05) is 0 Å². The molecule has 3 nitrogen and oxygen atoms in total. The summed E-state index contributed by atoms with van der Waals surface area (Å²) in [7, 11) is 0. The molecule has 3 heteroatoms. The van der Waals surface area contributed by atoms with Crippen molar-refractivity contribution in [2.24, 2.45) is 0 Å². The third-order valence-corrected chi connectivity index (χ3v) is 1.43. The van der Waals surface area contributed by atoms with E-state index in [4.69, 9.17) is 24.6 Å². The highest BCUT2D eigenvalue weighted by Crippen LogP contribution is 2.06. The van der Waals surface area contributed by atoms with E-state index < -0.39 is 44.6 Å². The maximum atomic E-state index is 8.10. The van der Waals surface area contributed by atoms with Crippen molar-refractivity contribution in [3.8, 4) is 0 Å². The fraction of sp³-hybridized carbons (Fsp3) is 1.00. The molecular weight excluding hydrogens is 178 g/mol. The van der Waals surface area contributed by atoms with Gasteiger partial charge in [-0.25, -0.2) is 0 Å². The summed E-state index contributed by atoms with van der Waals surface area (Å²) in [5.74, 6) is 0. The predicted molar refractivity (Wildman–Crippen MR) is 59.2 cm³/mol. The number of hydrogen-bond acceptors (Lipinski definition) is 2. The Morgan fingerprint density at radius 1 is 1.21 bits per heavy atom. The zero-order valence-corrected chi connectivity index (χ0v) is 8.67. The van der Waals surface area contributed by atoms with Crippen LogP contribution in [0.15, 0.2) is 0 Å². The summed E-state index contributed by atoms with van der Waals surface area (Å²) >= 11 is 0. The number of rotatable bonds is 8. The van der Waals surface area contributed by atoms with Crippen LogP contribution in [0.25, 0.3) is 0 Å². The number of ether oxygens (including phenoxy) is 2. The topological polar surface area (TPSA) is 18.5 Å². The molecule has 0 N–H and O–H groups in total. The molecule has 0 aliphatic carbocycles. The summed E-state index contributed by atoms with van der Waals surface area (Å²) in [4.78, 5) is 0. The normalized spacial score (nSPS) is 27.8. The molecule has 0 fully saturated rings. The van der Waals surface area contributed by atoms with E-state index in [-0.39, 0.29) is 19.6 Å². The van der Waals surface area contributed by atoms with Crippen LogP contribution in [0.4, 0.5) is 0 Å². The molecule has 0 radical (unpaired) electrons. The Morgan fingerprint density at radius 2 is 1.79 bits per heavy atom. The first-order chi connectivity index (χ1) is 11.0. The van der Waals surface area contributed by atoms with Gasteiger partial charge >= 0.3 is 0 Å². The Bertz CT molecular complexity index is 374. The monoisotopic (exact) mass is 215 g/mol. The van der Waals surface area contributed by atoms with Crippen molar-refractivity contribution in [3.63, 3.8) is 0 Å². The van der Waals surface area contributed by atoms with Gasteiger partial charge in [-0.05, 0) is 13.8 Å². The van der Waals surface area contributed by atoms with Crippen molar-refractivity contribution >= 4 is 0 Å². The lowest BCUT2D eigenvalue weighted by Gasteiger charge is -2.25. The van der Waals surface area contributed by atoms with E-state index in [9.17, 15) is 0 Å². The fourth-order valence-electron chi connectivity index (χ4n) is 0.937. The summed E-state index contributed by atoms with van der Waals surface area (Å²) in [6, 6.07) is 0. The molecule has 0 amide bonds. The molecule has 0 rings (SSSR count). The van der Waals surface area contributed by atoms with Crippen LogP contribution in [-0.4, -0.2) is 51.4 Å². The molecule has 0 spiro atoms. The molecule has 0 aromatic rings. The lowest BCUT2D eigenvalue weighted by atomic mass is 10.3. The van der Waals surface area contributed by atoms with Crippen molar-refractivity contribution in [1.29, 1.82) is 0 Å². The lowest BCUT2D eigenvalue weighted by Crippen LogP contribution is -2.35. The second-order valence-corrected chi connectivity index (χ2v) is 2.71. The van der Waals surface area contributed by atoms with Gasteiger partial charge in [-0.2, -0.15) is 0 Å². The van der Waals surface area contributed by atoms with Crippen molar-refractivity contribution in [2.75, 3.05) is 40.6 Å². The van der Waals surface area contributed by atoms with Gasteiger partial charge in [0.05, 0.1) is 42.5 Å². The van der Waals surface area contributed by atoms with Crippen molar-refractivity contribution in [2.45, 2.75) is 33.0 Å². The van der Waals surface area contributed by atoms with E-state index >= 15 is 0 Å². The van der Waals surface area contributed by atoms with Gasteiger partial charge in [0.1, 0.15) is 0 Å². The average molecular weight is 215 g/mol. The minimum absolute atomic E-state index is 0.197. The minimum Gasteiger partial charge on any atom is -0.353 e. The number of nitrogens with zero attached hydrogens (tertiary/aromatic N) is 1. The summed E-state index contributed by atoms with van der Waals surface area (Å²) in [6.45, 7) is -10.2. The Hall–Kier alpha value is -0.120. The molecule has 0 saturated heterocycles. The highest BCUT2D eigenvalue weighted by Gasteiger charge is 2.11. The summed E-state index contributed by atoms with van der Waals surface area (Å²) < 4.78 is 91.8. The third kappa shape index (κ3) is 8.48. The van der Waals surface area contributed by atoms with Crippen LogP contribution in [-0.2, 0) is 9.47 Å². The van der Waals surface area contributed by atoms with E-state index in [1.54, 1.807) is 13.8 Å². The van der Waals surface area contributed by atoms with E-state index in [0.717, 1.165) is 0 Å². The van der Waals surface area contributed by atoms with Crippen LogP contribution in [0.5, 0.6) is 0 Å². The van der Waals surface area contributed by atoms with E-state index in [1.165, 1.54) is 0 Å². The van der Waals surface area contributed by atoms with E-state index in [2.05, 4.69) is 0 Å². The van der Waals surface area contributed by atoms with Gasteiger partial charge in [0.2, 0.25) is 0 Å². The Morgan fingerprint density at radius 3 is 2.21 bits per heavy atom. The zero-order valence-electron chi connectivity index (χ0n) is 19.7. The molecule has 0 heterocycles. The maximum Gasteiger partial charge on any atom is 0.157 e. The lowest BCUT2D eigenvalue weighted by molar-refractivity contribution is -0.870. The van der Waals surface area contributed by atoms with Crippen LogP contribution in [0.3, 0.4) is 0 Å². The van der Waals surface area contributed by atoms with Crippen LogP contribution < -0.4 is 0 Å². The highest BCUT2D eigenvalue weighted by molar-refractivity contribution is 4.45. The second-order valence-electron chi connectivity index (χ2n) is 2.71.